The molecule has 34 heavy (non-hydrogen) atoms. The number of aromatic nitrogens is 5. The predicted octanol–water partition coefficient (Wildman–Crippen LogP) is 3.41. The number of nitrogens with one attached hydrogen (secondary N) is 1. The molecule has 2 unspecified atom stereocenters. The fourth-order valence-electron chi connectivity index (χ4n) is 5.00. The second-order valence-corrected chi connectivity index (χ2v) is 10.1. The van der Waals surface area contributed by atoms with Gasteiger partial charge in [-0.2, -0.15) is 0 Å². The molecule has 0 amide bonds. The van der Waals surface area contributed by atoms with Crippen LogP contribution in [0.3, 0.4) is 0 Å². The maximum atomic E-state index is 12.0. The number of fused-ring (bicyclic) bond motifs is 1. The van der Waals surface area contributed by atoms with E-state index in [0.29, 0.717) is 23.6 Å². The Labute approximate surface area is 201 Å². The molecule has 178 valence electrons. The van der Waals surface area contributed by atoms with Crippen molar-refractivity contribution in [2.24, 2.45) is 18.9 Å². The lowest BCUT2D eigenvalue weighted by molar-refractivity contribution is 0.0902. The molecule has 1 N–H and O–H groups in total. The molecular formula is C24H28N6O3S. The molecule has 1 saturated heterocycles. The number of ether oxygens (including phenoxy) is 1. The average Bonchev–Trinajstić information content (AvgIpc) is 3.51. The number of pyridine rings is 2. The molecule has 4 aromatic rings. The van der Waals surface area contributed by atoms with Gasteiger partial charge in [-0.05, 0) is 56.0 Å². The summed E-state index contributed by atoms with van der Waals surface area (Å²) >= 11 is 1.42. The van der Waals surface area contributed by atoms with Crippen LogP contribution in [0.5, 0.6) is 5.19 Å². The monoisotopic (exact) mass is 480 g/mol. The Balaban J connectivity index is 1.35. The minimum Gasteiger partial charge on any atom is -0.470 e. The van der Waals surface area contributed by atoms with Gasteiger partial charge in [-0.1, -0.05) is 25.2 Å². The second kappa shape index (κ2) is 9.27. The van der Waals surface area contributed by atoms with Gasteiger partial charge in [0.2, 0.25) is 0 Å². The first kappa shape index (κ1) is 22.7. The van der Waals surface area contributed by atoms with E-state index in [1.165, 1.54) is 15.9 Å². The highest BCUT2D eigenvalue weighted by Crippen LogP contribution is 2.44. The smallest absolute Gasteiger partial charge is 0.275 e. The summed E-state index contributed by atoms with van der Waals surface area (Å²) in [5.41, 5.74) is 2.07. The van der Waals surface area contributed by atoms with Gasteiger partial charge >= 0.3 is 0 Å². The number of hydrogen-bond acceptors (Lipinski definition) is 9. The van der Waals surface area contributed by atoms with Crippen LogP contribution in [0.1, 0.15) is 32.4 Å². The van der Waals surface area contributed by atoms with Gasteiger partial charge < -0.3 is 19.1 Å². The number of aryl methyl sites for hydroxylation is 1. The van der Waals surface area contributed by atoms with E-state index < -0.39 is 0 Å². The van der Waals surface area contributed by atoms with E-state index in [0.717, 1.165) is 53.3 Å². The third kappa shape index (κ3) is 4.23. The summed E-state index contributed by atoms with van der Waals surface area (Å²) in [5.74, 6) is 1.69. The average molecular weight is 481 g/mol. The van der Waals surface area contributed by atoms with Gasteiger partial charge in [0.1, 0.15) is 10.3 Å². The van der Waals surface area contributed by atoms with E-state index in [-0.39, 0.29) is 11.0 Å². The van der Waals surface area contributed by atoms with Gasteiger partial charge in [-0.15, -0.1) is 5.10 Å². The zero-order chi connectivity index (χ0) is 23.7. The van der Waals surface area contributed by atoms with E-state index in [1.807, 2.05) is 18.2 Å². The van der Waals surface area contributed by atoms with Crippen LogP contribution < -0.4 is 15.6 Å². The van der Waals surface area contributed by atoms with Gasteiger partial charge in [0, 0.05) is 35.6 Å². The lowest BCUT2D eigenvalue weighted by atomic mass is 9.63. The zero-order valence-corrected chi connectivity index (χ0v) is 20.3. The topological polar surface area (TPSA) is 108 Å². The molecule has 0 saturated carbocycles. The van der Waals surface area contributed by atoms with E-state index in [1.54, 1.807) is 25.5 Å². The Kier molecular flexibility index (Phi) is 6.18. The Morgan fingerprint density at radius 2 is 2.21 bits per heavy atom. The Morgan fingerprint density at radius 1 is 1.32 bits per heavy atom. The van der Waals surface area contributed by atoms with E-state index in [9.17, 15) is 4.79 Å². The first-order chi connectivity index (χ1) is 16.5. The lowest BCUT2D eigenvalue weighted by Gasteiger charge is -2.44. The van der Waals surface area contributed by atoms with Crippen LogP contribution in [0.4, 0.5) is 0 Å². The van der Waals surface area contributed by atoms with Gasteiger partial charge in [0.15, 0.2) is 5.76 Å². The van der Waals surface area contributed by atoms with Crippen molar-refractivity contribution in [2.75, 3.05) is 19.7 Å². The maximum Gasteiger partial charge on any atom is 0.275 e. The molecule has 0 aliphatic carbocycles. The highest BCUT2D eigenvalue weighted by Gasteiger charge is 2.46. The highest BCUT2D eigenvalue weighted by atomic mass is 32.1. The van der Waals surface area contributed by atoms with Crippen LogP contribution in [-0.4, -0.2) is 44.6 Å². The number of nitrogens with zero attached hydrogens (tertiary/aromatic N) is 5. The fourth-order valence-corrected chi connectivity index (χ4v) is 5.81. The standard InChI is InChI=1S/C24H28N6O3S/c1-15(2)17-13-25-9-7-24(17,20-14-26-29-33-20)8-11-32-23-28-19-5-4-18(27-22(19)34-23)16-6-10-30(3)21(31)12-16/h4-6,10,12,14-15,17,25H,7-9,11,13H2,1-3H3. The third-order valence-electron chi connectivity index (χ3n) is 6.89. The van der Waals surface area contributed by atoms with Crippen LogP contribution in [0, 0.1) is 11.8 Å². The molecule has 5 heterocycles. The van der Waals surface area contributed by atoms with E-state index in [4.69, 9.17) is 14.2 Å². The quantitative estimate of drug-likeness (QED) is 0.429. The molecule has 0 aromatic carbocycles. The van der Waals surface area contributed by atoms with Crippen molar-refractivity contribution in [3.05, 3.63) is 52.8 Å². The number of thiazole rings is 1. The number of hydrogen-bond donors (Lipinski definition) is 1. The Hall–Kier alpha value is -3.11. The SMILES string of the molecule is CC(C)C1CNCCC1(CCOc1nc2ccc(-c3ccn(C)c(=O)c3)nc2s1)c1cnno1. The minimum atomic E-state index is -0.176. The highest BCUT2D eigenvalue weighted by molar-refractivity contribution is 7.19. The van der Waals surface area contributed by atoms with E-state index in [2.05, 4.69) is 34.5 Å². The van der Waals surface area contributed by atoms with Gasteiger partial charge in [-0.25, -0.2) is 9.97 Å². The van der Waals surface area contributed by atoms with Crippen LogP contribution in [0.2, 0.25) is 0 Å². The van der Waals surface area contributed by atoms with Crippen molar-refractivity contribution in [3.8, 4) is 16.5 Å². The van der Waals surface area contributed by atoms with Crippen molar-refractivity contribution in [3.63, 3.8) is 0 Å². The maximum absolute atomic E-state index is 12.0. The molecule has 1 aliphatic heterocycles. The molecule has 5 rings (SSSR count). The van der Waals surface area contributed by atoms with E-state index >= 15 is 0 Å². The number of rotatable bonds is 7. The Morgan fingerprint density at radius 3 is 2.97 bits per heavy atom. The summed E-state index contributed by atoms with van der Waals surface area (Å²) in [6.45, 7) is 6.84. The van der Waals surface area contributed by atoms with Crippen LogP contribution in [0.15, 0.2) is 46.0 Å². The van der Waals surface area contributed by atoms with Gasteiger partial charge in [-0.3, -0.25) is 4.79 Å². The molecule has 4 aromatic heterocycles. The van der Waals surface area contributed by atoms with Gasteiger partial charge in [0.05, 0.1) is 18.5 Å². The Bertz CT molecular complexity index is 1330. The molecule has 10 heteroatoms. The van der Waals surface area contributed by atoms with Gasteiger partial charge in [0.25, 0.3) is 10.8 Å². The molecule has 2 atom stereocenters. The third-order valence-corrected chi connectivity index (χ3v) is 7.77. The molecule has 0 bridgehead atoms. The van der Waals surface area contributed by atoms with Crippen molar-refractivity contribution >= 4 is 21.7 Å². The normalized spacial score (nSPS) is 20.8. The molecule has 1 aliphatic rings. The first-order valence-corrected chi connectivity index (χ1v) is 12.3. The zero-order valence-electron chi connectivity index (χ0n) is 19.5. The first-order valence-electron chi connectivity index (χ1n) is 11.5. The molecule has 0 spiro atoms. The van der Waals surface area contributed by atoms with Crippen molar-refractivity contribution in [2.45, 2.75) is 32.1 Å². The molecule has 9 nitrogen and oxygen atoms in total. The van der Waals surface area contributed by atoms with Crippen molar-refractivity contribution in [1.29, 1.82) is 0 Å². The number of piperidine rings is 1. The van der Waals surface area contributed by atoms with Crippen LogP contribution in [-0.2, 0) is 12.5 Å². The predicted molar refractivity (Wildman–Crippen MR) is 130 cm³/mol. The summed E-state index contributed by atoms with van der Waals surface area (Å²) in [6, 6.07) is 7.28. The summed E-state index contributed by atoms with van der Waals surface area (Å²) in [4.78, 5) is 22.1. The molecule has 1 fully saturated rings. The van der Waals surface area contributed by atoms with Crippen molar-refractivity contribution in [1.82, 2.24) is 30.2 Å². The summed E-state index contributed by atoms with van der Waals surface area (Å²) < 4.78 is 13.3. The largest absolute Gasteiger partial charge is 0.470 e. The molecular weight excluding hydrogens is 452 g/mol. The minimum absolute atomic E-state index is 0.0683. The van der Waals surface area contributed by atoms with Crippen LogP contribution >= 0.6 is 11.3 Å². The van der Waals surface area contributed by atoms with Crippen LogP contribution in [0.25, 0.3) is 21.6 Å². The summed E-state index contributed by atoms with van der Waals surface area (Å²) in [5, 5.41) is 11.8. The lowest BCUT2D eigenvalue weighted by Crippen LogP contribution is -2.50. The summed E-state index contributed by atoms with van der Waals surface area (Å²) in [6.07, 6.45) is 5.23. The second-order valence-electron chi connectivity index (χ2n) is 9.21. The fraction of sp³-hybridized carbons (Fsp3) is 0.458. The van der Waals surface area contributed by atoms with Crippen molar-refractivity contribution < 1.29 is 9.26 Å². The summed E-state index contributed by atoms with van der Waals surface area (Å²) in [7, 11) is 1.73. The molecule has 0 radical (unpaired) electrons.